The Kier molecular flexibility index (Phi) is 3.97. The third kappa shape index (κ3) is 3.13. The Hall–Kier alpha value is -2.73. The number of rotatable bonds is 3. The summed E-state index contributed by atoms with van der Waals surface area (Å²) in [5, 5.41) is 9.28. The highest BCUT2D eigenvalue weighted by molar-refractivity contribution is 5.96. The van der Waals surface area contributed by atoms with Crippen LogP contribution in [0.2, 0.25) is 0 Å². The van der Waals surface area contributed by atoms with Crippen LogP contribution < -0.4 is 5.32 Å². The largest absolute Gasteiger partial charge is 0.309 e. The Morgan fingerprint density at radius 1 is 1.16 bits per heavy atom. The predicted molar refractivity (Wildman–Crippen MR) is 98.2 cm³/mol. The lowest BCUT2D eigenvalue weighted by Crippen LogP contribution is -2.37. The molecule has 128 valence electrons. The van der Waals surface area contributed by atoms with Gasteiger partial charge >= 0.3 is 0 Å². The number of aryl methyl sites for hydroxylation is 1. The molecule has 3 aromatic rings. The number of hydrogen-bond acceptors (Lipinski definition) is 4. The first-order valence-corrected chi connectivity index (χ1v) is 8.50. The van der Waals surface area contributed by atoms with Gasteiger partial charge in [0.2, 0.25) is 5.91 Å². The van der Waals surface area contributed by atoms with Gasteiger partial charge in [0.1, 0.15) is 5.82 Å². The maximum Gasteiger partial charge on any atom is 0.242 e. The van der Waals surface area contributed by atoms with Crippen molar-refractivity contribution < 1.29 is 4.79 Å². The summed E-state index contributed by atoms with van der Waals surface area (Å²) in [4.78, 5) is 18.9. The number of nitrogens with zero attached hydrogens (tertiary/aromatic N) is 4. The van der Waals surface area contributed by atoms with E-state index in [1.54, 1.807) is 10.9 Å². The van der Waals surface area contributed by atoms with Crippen molar-refractivity contribution in [1.82, 2.24) is 19.7 Å². The molecule has 1 unspecified atom stereocenters. The molecule has 25 heavy (non-hydrogen) atoms. The van der Waals surface area contributed by atoms with Crippen LogP contribution in [0.3, 0.4) is 0 Å². The molecule has 0 spiro atoms. The first-order chi connectivity index (χ1) is 12.1. The van der Waals surface area contributed by atoms with Crippen LogP contribution in [0, 0.1) is 0 Å². The number of fused-ring (bicyclic) bond motifs is 1. The summed E-state index contributed by atoms with van der Waals surface area (Å²) in [6.45, 7) is 0.970. The molecule has 1 atom stereocenters. The van der Waals surface area contributed by atoms with E-state index in [9.17, 15) is 4.79 Å². The van der Waals surface area contributed by atoms with Gasteiger partial charge in [0.15, 0.2) is 0 Å². The quantitative estimate of drug-likeness (QED) is 0.799. The van der Waals surface area contributed by atoms with E-state index in [-0.39, 0.29) is 11.9 Å². The average molecular weight is 335 g/mol. The smallest absolute Gasteiger partial charge is 0.242 e. The summed E-state index contributed by atoms with van der Waals surface area (Å²) >= 11 is 0. The third-order valence-corrected chi connectivity index (χ3v) is 4.83. The second-order valence-electron chi connectivity index (χ2n) is 6.66. The van der Waals surface area contributed by atoms with Gasteiger partial charge in [-0.2, -0.15) is 5.10 Å². The molecular formula is C19H21N5O. The van der Waals surface area contributed by atoms with Crippen molar-refractivity contribution in [3.8, 4) is 11.1 Å². The molecule has 1 aliphatic rings. The van der Waals surface area contributed by atoms with E-state index in [0.29, 0.717) is 5.82 Å². The van der Waals surface area contributed by atoms with Crippen LogP contribution in [-0.4, -0.2) is 45.2 Å². The highest BCUT2D eigenvalue weighted by Gasteiger charge is 2.27. The number of likely N-dealkylation sites (tertiary alicyclic amines) is 1. The topological polar surface area (TPSA) is 63.1 Å². The van der Waals surface area contributed by atoms with Gasteiger partial charge in [-0.3, -0.25) is 14.4 Å². The zero-order chi connectivity index (χ0) is 17.4. The van der Waals surface area contributed by atoms with Crippen LogP contribution in [0.15, 0.2) is 42.9 Å². The lowest BCUT2D eigenvalue weighted by Gasteiger charge is -2.18. The van der Waals surface area contributed by atoms with Crippen molar-refractivity contribution in [1.29, 1.82) is 0 Å². The fourth-order valence-electron chi connectivity index (χ4n) is 3.41. The van der Waals surface area contributed by atoms with Gasteiger partial charge in [-0.1, -0.05) is 12.1 Å². The first kappa shape index (κ1) is 15.8. The van der Waals surface area contributed by atoms with Gasteiger partial charge in [0.05, 0.1) is 12.2 Å². The summed E-state index contributed by atoms with van der Waals surface area (Å²) in [5.41, 5.74) is 2.17. The fourth-order valence-corrected chi connectivity index (χ4v) is 3.41. The van der Waals surface area contributed by atoms with Gasteiger partial charge in [0.25, 0.3) is 0 Å². The number of carbonyl (C=O) groups excluding carboxylic acids is 1. The summed E-state index contributed by atoms with van der Waals surface area (Å²) in [5.74, 6) is 0.622. The summed E-state index contributed by atoms with van der Waals surface area (Å²) in [6, 6.07) is 8.08. The number of hydrogen-bond donors (Lipinski definition) is 1. The van der Waals surface area contributed by atoms with Gasteiger partial charge in [0, 0.05) is 30.4 Å². The number of anilines is 1. The van der Waals surface area contributed by atoms with Crippen molar-refractivity contribution in [3.05, 3.63) is 42.9 Å². The second-order valence-corrected chi connectivity index (χ2v) is 6.66. The van der Waals surface area contributed by atoms with Crippen LogP contribution >= 0.6 is 0 Å². The highest BCUT2D eigenvalue weighted by Crippen LogP contribution is 2.25. The van der Waals surface area contributed by atoms with E-state index in [2.05, 4.69) is 32.4 Å². The number of likely N-dealkylation sites (N-methyl/N-ethyl adjacent to an activating group) is 1. The van der Waals surface area contributed by atoms with E-state index in [1.165, 1.54) is 0 Å². The van der Waals surface area contributed by atoms with Crippen LogP contribution in [0.25, 0.3) is 21.9 Å². The van der Waals surface area contributed by atoms with Crippen LogP contribution in [0.5, 0.6) is 0 Å². The van der Waals surface area contributed by atoms with E-state index in [1.807, 2.05) is 38.6 Å². The van der Waals surface area contributed by atoms with Gasteiger partial charge < -0.3 is 5.32 Å². The normalized spacial score (nSPS) is 17.9. The Labute approximate surface area is 146 Å². The molecule has 0 radical (unpaired) electrons. The molecule has 6 nitrogen and oxygen atoms in total. The van der Waals surface area contributed by atoms with Crippen molar-refractivity contribution >= 4 is 22.5 Å². The van der Waals surface area contributed by atoms with Crippen LogP contribution in [-0.2, 0) is 11.8 Å². The second kappa shape index (κ2) is 6.29. The standard InChI is InChI=1S/C19H21N5O/c1-23-7-3-4-17(23)19(25)22-18-9-15-8-13(5-6-14(15)10-20-18)16-11-21-24(2)12-16/h5-6,8-12,17H,3-4,7H2,1-2H3,(H,20,22,25). The summed E-state index contributed by atoms with van der Waals surface area (Å²) in [6.07, 6.45) is 7.60. The number of nitrogens with one attached hydrogen (secondary N) is 1. The molecule has 3 heterocycles. The van der Waals surface area contributed by atoms with E-state index in [0.717, 1.165) is 41.3 Å². The van der Waals surface area contributed by atoms with Crippen molar-refractivity contribution in [2.45, 2.75) is 18.9 Å². The Bertz CT molecular complexity index is 932. The minimum absolute atomic E-state index is 0.0234. The number of benzene rings is 1. The Morgan fingerprint density at radius 3 is 2.76 bits per heavy atom. The van der Waals surface area contributed by atoms with Gasteiger partial charge in [-0.05, 0) is 49.5 Å². The molecule has 1 aliphatic heterocycles. The van der Waals surface area contributed by atoms with Crippen LogP contribution in [0.1, 0.15) is 12.8 Å². The molecular weight excluding hydrogens is 314 g/mol. The van der Waals surface area contributed by atoms with Crippen molar-refractivity contribution in [2.75, 3.05) is 18.9 Å². The maximum absolute atomic E-state index is 12.4. The molecule has 6 heteroatoms. The predicted octanol–water partition coefficient (Wildman–Crippen LogP) is 2.67. The summed E-state index contributed by atoms with van der Waals surface area (Å²) in [7, 11) is 3.90. The molecule has 4 rings (SSSR count). The molecule has 1 N–H and O–H groups in total. The number of pyridine rings is 1. The van der Waals surface area contributed by atoms with E-state index in [4.69, 9.17) is 0 Å². The van der Waals surface area contributed by atoms with Crippen LogP contribution in [0.4, 0.5) is 5.82 Å². The monoisotopic (exact) mass is 335 g/mol. The molecule has 0 bridgehead atoms. The number of amides is 1. The van der Waals surface area contributed by atoms with Gasteiger partial charge in [-0.15, -0.1) is 0 Å². The average Bonchev–Trinajstić information content (AvgIpc) is 3.22. The van der Waals surface area contributed by atoms with E-state index >= 15 is 0 Å². The van der Waals surface area contributed by atoms with Crippen molar-refractivity contribution in [3.63, 3.8) is 0 Å². The molecule has 1 fully saturated rings. The molecule has 0 saturated carbocycles. The number of aromatic nitrogens is 3. The third-order valence-electron chi connectivity index (χ3n) is 4.83. The molecule has 1 amide bonds. The van der Waals surface area contributed by atoms with Crippen molar-refractivity contribution in [2.24, 2.45) is 7.05 Å². The zero-order valence-corrected chi connectivity index (χ0v) is 14.4. The SMILES string of the molecule is CN1CCCC1C(=O)Nc1cc2cc(-c3cnn(C)c3)ccc2cn1. The fraction of sp³-hybridized carbons (Fsp3) is 0.316. The number of carbonyl (C=O) groups is 1. The zero-order valence-electron chi connectivity index (χ0n) is 14.4. The Balaban J connectivity index is 1.61. The molecule has 2 aromatic heterocycles. The molecule has 1 saturated heterocycles. The van der Waals surface area contributed by atoms with Gasteiger partial charge in [-0.25, -0.2) is 4.98 Å². The first-order valence-electron chi connectivity index (χ1n) is 8.50. The van der Waals surface area contributed by atoms with E-state index < -0.39 is 0 Å². The minimum atomic E-state index is -0.0563. The Morgan fingerprint density at radius 2 is 2.04 bits per heavy atom. The molecule has 1 aromatic carbocycles. The summed E-state index contributed by atoms with van der Waals surface area (Å²) < 4.78 is 1.79. The maximum atomic E-state index is 12.4. The lowest BCUT2D eigenvalue weighted by atomic mass is 10.1. The highest BCUT2D eigenvalue weighted by atomic mass is 16.2. The molecule has 0 aliphatic carbocycles. The minimum Gasteiger partial charge on any atom is -0.309 e. The lowest BCUT2D eigenvalue weighted by molar-refractivity contribution is -0.119.